The molecule has 1 heterocycles. The number of benzene rings is 1. The molecule has 1 aliphatic heterocycles. The molecule has 0 spiro atoms. The summed E-state index contributed by atoms with van der Waals surface area (Å²) in [6, 6.07) is 7.65. The number of amides is 2. The van der Waals surface area contributed by atoms with Crippen molar-refractivity contribution < 1.29 is 9.59 Å². The maximum Gasteiger partial charge on any atom is 0.243 e. The third-order valence-corrected chi connectivity index (χ3v) is 4.27. The Morgan fingerprint density at radius 1 is 1.38 bits per heavy atom. The second-order valence-corrected chi connectivity index (χ2v) is 5.80. The summed E-state index contributed by atoms with van der Waals surface area (Å²) in [7, 11) is 0. The van der Waals surface area contributed by atoms with Crippen molar-refractivity contribution in [2.75, 3.05) is 5.32 Å². The molecule has 2 N–H and O–H groups in total. The first-order valence-electron chi connectivity index (χ1n) is 7.39. The molecule has 0 saturated heterocycles. The number of anilines is 1. The van der Waals surface area contributed by atoms with Crippen LogP contribution in [0.25, 0.3) is 0 Å². The molecule has 1 aromatic carbocycles. The van der Waals surface area contributed by atoms with Crippen LogP contribution < -0.4 is 10.7 Å². The van der Waals surface area contributed by atoms with Crippen LogP contribution >= 0.6 is 0 Å². The maximum atomic E-state index is 11.8. The lowest BCUT2D eigenvalue weighted by atomic mass is 10.0. The van der Waals surface area contributed by atoms with Crippen molar-refractivity contribution in [2.24, 2.45) is 22.9 Å². The molecule has 2 aliphatic rings. The molecular weight excluding hydrogens is 266 g/mol. The molecule has 5 nitrogen and oxygen atoms in total. The summed E-state index contributed by atoms with van der Waals surface area (Å²) >= 11 is 0. The highest BCUT2D eigenvalue weighted by Crippen LogP contribution is 2.43. The SMILES string of the molecule is CCC(C)C(=O)Nc1ccc(C2=NNC(=O)C3CC23)cc1. The number of rotatable bonds is 4. The maximum absolute atomic E-state index is 11.8. The van der Waals surface area contributed by atoms with Crippen LogP contribution in [-0.4, -0.2) is 17.5 Å². The second kappa shape index (κ2) is 5.31. The monoisotopic (exact) mass is 285 g/mol. The predicted molar refractivity (Wildman–Crippen MR) is 80.8 cm³/mol. The van der Waals surface area contributed by atoms with Gasteiger partial charge in [-0.2, -0.15) is 5.10 Å². The third kappa shape index (κ3) is 2.68. The van der Waals surface area contributed by atoms with Gasteiger partial charge in [0.05, 0.1) is 5.71 Å². The van der Waals surface area contributed by atoms with E-state index in [2.05, 4.69) is 15.8 Å². The van der Waals surface area contributed by atoms with Gasteiger partial charge in [0.15, 0.2) is 0 Å². The minimum atomic E-state index is 0.00910. The van der Waals surface area contributed by atoms with E-state index in [1.165, 1.54) is 0 Å². The van der Waals surface area contributed by atoms with Gasteiger partial charge in [0, 0.05) is 23.4 Å². The van der Waals surface area contributed by atoms with Crippen molar-refractivity contribution >= 4 is 23.2 Å². The number of nitrogens with one attached hydrogen (secondary N) is 2. The van der Waals surface area contributed by atoms with Crippen molar-refractivity contribution in [3.63, 3.8) is 0 Å². The Morgan fingerprint density at radius 2 is 2.10 bits per heavy atom. The van der Waals surface area contributed by atoms with Gasteiger partial charge in [-0.25, -0.2) is 5.43 Å². The van der Waals surface area contributed by atoms with Crippen LogP contribution in [-0.2, 0) is 9.59 Å². The first-order valence-corrected chi connectivity index (χ1v) is 7.39. The first kappa shape index (κ1) is 13.8. The van der Waals surface area contributed by atoms with E-state index in [0.29, 0.717) is 0 Å². The summed E-state index contributed by atoms with van der Waals surface area (Å²) in [6.45, 7) is 3.91. The Kier molecular flexibility index (Phi) is 3.49. The number of hydrogen-bond donors (Lipinski definition) is 2. The first-order chi connectivity index (χ1) is 10.1. The molecule has 3 rings (SSSR count). The molecule has 1 fully saturated rings. The van der Waals surface area contributed by atoms with Gasteiger partial charge in [-0.3, -0.25) is 9.59 Å². The fourth-order valence-corrected chi connectivity index (χ4v) is 2.52. The quantitative estimate of drug-likeness (QED) is 0.889. The lowest BCUT2D eigenvalue weighted by Gasteiger charge is -2.13. The Labute approximate surface area is 123 Å². The van der Waals surface area contributed by atoms with Gasteiger partial charge in [0.1, 0.15) is 0 Å². The molecule has 1 aliphatic carbocycles. The Morgan fingerprint density at radius 3 is 2.76 bits per heavy atom. The zero-order chi connectivity index (χ0) is 15.0. The van der Waals surface area contributed by atoms with Crippen molar-refractivity contribution in [1.82, 2.24) is 5.43 Å². The summed E-state index contributed by atoms with van der Waals surface area (Å²) in [4.78, 5) is 23.3. The fourth-order valence-electron chi connectivity index (χ4n) is 2.52. The number of carbonyl (C=O) groups is 2. The molecule has 3 atom stereocenters. The molecule has 21 heavy (non-hydrogen) atoms. The Balaban J connectivity index is 1.70. The van der Waals surface area contributed by atoms with Crippen molar-refractivity contribution in [3.8, 4) is 0 Å². The molecule has 1 aromatic rings. The van der Waals surface area contributed by atoms with Crippen LogP contribution in [0.5, 0.6) is 0 Å². The minimum absolute atomic E-state index is 0.00910. The van der Waals surface area contributed by atoms with Crippen LogP contribution in [0.15, 0.2) is 29.4 Å². The van der Waals surface area contributed by atoms with Gasteiger partial charge in [0.2, 0.25) is 11.8 Å². The van der Waals surface area contributed by atoms with Crippen molar-refractivity contribution in [2.45, 2.75) is 26.7 Å². The lowest BCUT2D eigenvalue weighted by molar-refractivity contribution is -0.122. The van der Waals surface area contributed by atoms with Crippen LogP contribution in [0.1, 0.15) is 32.3 Å². The van der Waals surface area contributed by atoms with E-state index < -0.39 is 0 Å². The summed E-state index contributed by atoms with van der Waals surface area (Å²) in [5.74, 6) is 0.437. The summed E-state index contributed by atoms with van der Waals surface area (Å²) in [6.07, 6.45) is 1.71. The van der Waals surface area contributed by atoms with Gasteiger partial charge in [-0.1, -0.05) is 26.0 Å². The Hall–Kier alpha value is -2.17. The number of fused-ring (bicyclic) bond motifs is 1. The molecule has 3 unspecified atom stereocenters. The highest BCUT2D eigenvalue weighted by Gasteiger charge is 2.49. The predicted octanol–water partition coefficient (Wildman–Crippen LogP) is 2.14. The summed E-state index contributed by atoms with van der Waals surface area (Å²) in [5.41, 5.74) is 5.31. The van der Waals surface area contributed by atoms with Gasteiger partial charge < -0.3 is 5.32 Å². The standard InChI is InChI=1S/C16H19N3O2/c1-3-9(2)15(20)17-11-6-4-10(5-7-11)14-12-8-13(12)16(21)19-18-14/h4-7,9,12-13H,3,8H2,1-2H3,(H,17,20)(H,19,21). The molecular formula is C16H19N3O2. The van der Waals surface area contributed by atoms with E-state index in [4.69, 9.17) is 0 Å². The highest BCUT2D eigenvalue weighted by molar-refractivity contribution is 6.09. The number of nitrogens with zero attached hydrogens (tertiary/aromatic N) is 1. The molecule has 5 heteroatoms. The normalized spacial score (nSPS) is 24.5. The molecule has 0 aromatic heterocycles. The molecule has 2 amide bonds. The van der Waals surface area contributed by atoms with Crippen molar-refractivity contribution in [3.05, 3.63) is 29.8 Å². The summed E-state index contributed by atoms with van der Waals surface area (Å²) < 4.78 is 0. The third-order valence-electron chi connectivity index (χ3n) is 4.27. The number of hydrogen-bond acceptors (Lipinski definition) is 3. The molecule has 0 bridgehead atoms. The fraction of sp³-hybridized carbons (Fsp3) is 0.438. The zero-order valence-electron chi connectivity index (χ0n) is 12.2. The van der Waals surface area contributed by atoms with E-state index in [1.54, 1.807) is 0 Å². The number of carbonyl (C=O) groups excluding carboxylic acids is 2. The van der Waals surface area contributed by atoms with Gasteiger partial charge in [-0.05, 0) is 30.5 Å². The zero-order valence-corrected chi connectivity index (χ0v) is 12.2. The van der Waals surface area contributed by atoms with E-state index in [-0.39, 0.29) is 29.6 Å². The largest absolute Gasteiger partial charge is 0.326 e. The Bertz CT molecular complexity index is 606. The van der Waals surface area contributed by atoms with Crippen LogP contribution in [0.2, 0.25) is 0 Å². The van der Waals surface area contributed by atoms with Gasteiger partial charge >= 0.3 is 0 Å². The van der Waals surface area contributed by atoms with Gasteiger partial charge in [-0.15, -0.1) is 0 Å². The smallest absolute Gasteiger partial charge is 0.243 e. The molecule has 110 valence electrons. The molecule has 0 radical (unpaired) electrons. The average Bonchev–Trinajstić information content (AvgIpc) is 3.29. The average molecular weight is 285 g/mol. The van der Waals surface area contributed by atoms with Crippen LogP contribution in [0.3, 0.4) is 0 Å². The topological polar surface area (TPSA) is 70.6 Å². The van der Waals surface area contributed by atoms with E-state index in [0.717, 1.165) is 29.8 Å². The summed E-state index contributed by atoms with van der Waals surface area (Å²) in [5, 5.41) is 7.07. The van der Waals surface area contributed by atoms with Gasteiger partial charge in [0.25, 0.3) is 0 Å². The van der Waals surface area contributed by atoms with Crippen LogP contribution in [0, 0.1) is 17.8 Å². The number of hydrazone groups is 1. The van der Waals surface area contributed by atoms with E-state index in [9.17, 15) is 9.59 Å². The minimum Gasteiger partial charge on any atom is -0.326 e. The second-order valence-electron chi connectivity index (χ2n) is 5.80. The lowest BCUT2D eigenvalue weighted by Crippen LogP contribution is -2.28. The van der Waals surface area contributed by atoms with Crippen LogP contribution in [0.4, 0.5) is 5.69 Å². The highest BCUT2D eigenvalue weighted by atomic mass is 16.2. The van der Waals surface area contributed by atoms with E-state index in [1.807, 2.05) is 38.1 Å². The van der Waals surface area contributed by atoms with E-state index >= 15 is 0 Å². The van der Waals surface area contributed by atoms with Crippen molar-refractivity contribution in [1.29, 1.82) is 0 Å². The molecule has 1 saturated carbocycles.